The molecule has 25 heavy (non-hydrogen) atoms. The van der Waals surface area contributed by atoms with E-state index < -0.39 is 0 Å². The summed E-state index contributed by atoms with van der Waals surface area (Å²) in [5.41, 5.74) is 2.44. The molecular formula is C20H18N2O3. The summed E-state index contributed by atoms with van der Waals surface area (Å²) < 4.78 is 12.4. The molecule has 0 aliphatic heterocycles. The van der Waals surface area contributed by atoms with E-state index in [0.29, 0.717) is 17.1 Å². The van der Waals surface area contributed by atoms with Crippen LogP contribution in [0.3, 0.4) is 0 Å². The number of ketones is 1. The predicted octanol–water partition coefficient (Wildman–Crippen LogP) is 3.79. The molecule has 126 valence electrons. The average molecular weight is 334 g/mol. The van der Waals surface area contributed by atoms with Crippen LogP contribution in [0.4, 0.5) is 0 Å². The third kappa shape index (κ3) is 3.77. The Balaban J connectivity index is 1.74. The van der Waals surface area contributed by atoms with Gasteiger partial charge >= 0.3 is 0 Å². The molecule has 0 N–H and O–H groups in total. The van der Waals surface area contributed by atoms with Crippen molar-refractivity contribution >= 4 is 11.9 Å². The first-order chi connectivity index (χ1) is 12.2. The maximum Gasteiger partial charge on any atom is 0.185 e. The summed E-state index contributed by atoms with van der Waals surface area (Å²) in [6, 6.07) is 12.9. The van der Waals surface area contributed by atoms with Crippen molar-refractivity contribution in [3.63, 3.8) is 0 Å². The summed E-state index contributed by atoms with van der Waals surface area (Å²) in [7, 11) is 3.17. The smallest absolute Gasteiger partial charge is 0.185 e. The Labute approximate surface area is 146 Å². The van der Waals surface area contributed by atoms with E-state index in [2.05, 4.69) is 4.98 Å². The highest BCUT2D eigenvalue weighted by Crippen LogP contribution is 2.28. The van der Waals surface area contributed by atoms with E-state index in [0.717, 1.165) is 11.3 Å². The SMILES string of the molecule is COc1ccc(/C=C/C(=O)c2ccc(-n3ccnc3)cc2)cc1OC. The molecule has 0 atom stereocenters. The standard InChI is InChI=1S/C20H18N2O3/c1-24-19-10-4-15(13-20(19)25-2)3-9-18(23)16-5-7-17(8-6-16)22-12-11-21-14-22/h3-14H,1-2H3/b9-3+. The maximum absolute atomic E-state index is 12.3. The number of hydrogen-bond acceptors (Lipinski definition) is 4. The quantitative estimate of drug-likeness (QED) is 0.508. The van der Waals surface area contributed by atoms with Crippen molar-refractivity contribution in [2.75, 3.05) is 14.2 Å². The zero-order valence-corrected chi connectivity index (χ0v) is 14.0. The van der Waals surface area contributed by atoms with Crippen LogP contribution in [0.15, 0.2) is 67.3 Å². The molecule has 1 heterocycles. The van der Waals surface area contributed by atoms with E-state index in [-0.39, 0.29) is 5.78 Å². The van der Waals surface area contributed by atoms with E-state index in [9.17, 15) is 4.79 Å². The molecule has 0 aliphatic rings. The highest BCUT2D eigenvalue weighted by Gasteiger charge is 2.05. The van der Waals surface area contributed by atoms with Crippen LogP contribution >= 0.6 is 0 Å². The van der Waals surface area contributed by atoms with Gasteiger partial charge in [-0.05, 0) is 48.0 Å². The second kappa shape index (κ2) is 7.49. The molecule has 0 saturated carbocycles. The third-order valence-corrected chi connectivity index (χ3v) is 3.79. The number of ether oxygens (including phenoxy) is 2. The van der Waals surface area contributed by atoms with E-state index in [1.54, 1.807) is 51.0 Å². The molecule has 0 radical (unpaired) electrons. The van der Waals surface area contributed by atoms with Gasteiger partial charge < -0.3 is 14.0 Å². The van der Waals surface area contributed by atoms with Crippen LogP contribution in [0.1, 0.15) is 15.9 Å². The maximum atomic E-state index is 12.3. The molecule has 0 spiro atoms. The van der Waals surface area contributed by atoms with E-state index in [1.807, 2.05) is 41.1 Å². The van der Waals surface area contributed by atoms with Gasteiger partial charge in [0, 0.05) is 23.6 Å². The van der Waals surface area contributed by atoms with Crippen LogP contribution in [0.2, 0.25) is 0 Å². The summed E-state index contributed by atoms with van der Waals surface area (Å²) in [6.07, 6.45) is 8.59. The van der Waals surface area contributed by atoms with Crippen molar-refractivity contribution < 1.29 is 14.3 Å². The zero-order valence-electron chi connectivity index (χ0n) is 14.0. The molecule has 0 aliphatic carbocycles. The van der Waals surface area contributed by atoms with Crippen molar-refractivity contribution in [1.29, 1.82) is 0 Å². The van der Waals surface area contributed by atoms with Gasteiger partial charge in [0.2, 0.25) is 0 Å². The topological polar surface area (TPSA) is 53.4 Å². The van der Waals surface area contributed by atoms with Gasteiger partial charge in [0.15, 0.2) is 17.3 Å². The number of aromatic nitrogens is 2. The molecule has 0 unspecified atom stereocenters. The Kier molecular flexibility index (Phi) is 4.95. The lowest BCUT2D eigenvalue weighted by atomic mass is 10.1. The van der Waals surface area contributed by atoms with Crippen LogP contribution in [-0.2, 0) is 0 Å². The fourth-order valence-electron chi connectivity index (χ4n) is 2.43. The molecule has 0 fully saturated rings. The molecule has 2 aromatic carbocycles. The van der Waals surface area contributed by atoms with Gasteiger partial charge in [-0.25, -0.2) is 4.98 Å². The Bertz CT molecular complexity index is 882. The van der Waals surface area contributed by atoms with Crippen molar-refractivity contribution in [3.05, 3.63) is 78.4 Å². The number of imidazole rings is 1. The highest BCUT2D eigenvalue weighted by molar-refractivity contribution is 6.06. The number of allylic oxidation sites excluding steroid dienone is 1. The molecule has 1 aromatic heterocycles. The predicted molar refractivity (Wildman–Crippen MR) is 96.5 cm³/mol. The van der Waals surface area contributed by atoms with Gasteiger partial charge in [0.25, 0.3) is 0 Å². The van der Waals surface area contributed by atoms with Crippen molar-refractivity contribution in [3.8, 4) is 17.2 Å². The fourth-order valence-corrected chi connectivity index (χ4v) is 2.43. The number of carbonyl (C=O) groups excluding carboxylic acids is 1. The summed E-state index contributed by atoms with van der Waals surface area (Å²) in [5, 5.41) is 0. The average Bonchev–Trinajstić information content (AvgIpc) is 3.20. The molecule has 0 bridgehead atoms. The third-order valence-electron chi connectivity index (χ3n) is 3.79. The molecule has 0 saturated heterocycles. The number of benzene rings is 2. The second-order valence-electron chi connectivity index (χ2n) is 5.33. The fraction of sp³-hybridized carbons (Fsp3) is 0.100. The lowest BCUT2D eigenvalue weighted by Crippen LogP contribution is -1.96. The van der Waals surface area contributed by atoms with Gasteiger partial charge in [0.1, 0.15) is 0 Å². The number of methoxy groups -OCH3 is 2. The van der Waals surface area contributed by atoms with Crippen molar-refractivity contribution in [2.24, 2.45) is 0 Å². The molecule has 5 nitrogen and oxygen atoms in total. The monoisotopic (exact) mass is 334 g/mol. The summed E-state index contributed by atoms with van der Waals surface area (Å²) in [6.45, 7) is 0. The number of rotatable bonds is 6. The Morgan fingerprint density at radius 3 is 2.44 bits per heavy atom. The number of hydrogen-bond donors (Lipinski definition) is 0. The number of carbonyl (C=O) groups is 1. The first-order valence-electron chi connectivity index (χ1n) is 7.74. The van der Waals surface area contributed by atoms with E-state index in [4.69, 9.17) is 9.47 Å². The van der Waals surface area contributed by atoms with Gasteiger partial charge in [-0.1, -0.05) is 12.1 Å². The Morgan fingerprint density at radius 1 is 1.04 bits per heavy atom. The minimum atomic E-state index is -0.0630. The lowest BCUT2D eigenvalue weighted by molar-refractivity contribution is 0.104. The van der Waals surface area contributed by atoms with Gasteiger partial charge in [-0.3, -0.25) is 4.79 Å². The molecule has 5 heteroatoms. The van der Waals surface area contributed by atoms with E-state index >= 15 is 0 Å². The van der Waals surface area contributed by atoms with Crippen molar-refractivity contribution in [2.45, 2.75) is 0 Å². The zero-order chi connectivity index (χ0) is 17.6. The first kappa shape index (κ1) is 16.5. The van der Waals surface area contributed by atoms with E-state index in [1.165, 1.54) is 0 Å². The van der Waals surface area contributed by atoms with Crippen LogP contribution in [0, 0.1) is 0 Å². The molecular weight excluding hydrogens is 316 g/mol. The Hall–Kier alpha value is -3.34. The molecule has 0 amide bonds. The number of nitrogens with zero attached hydrogens (tertiary/aromatic N) is 2. The summed E-state index contributed by atoms with van der Waals surface area (Å²) in [4.78, 5) is 16.3. The molecule has 3 aromatic rings. The van der Waals surface area contributed by atoms with Crippen molar-refractivity contribution in [1.82, 2.24) is 9.55 Å². The normalized spacial score (nSPS) is 10.8. The van der Waals surface area contributed by atoms with Gasteiger partial charge in [0.05, 0.1) is 20.5 Å². The van der Waals surface area contributed by atoms with Crippen LogP contribution in [-0.4, -0.2) is 29.6 Å². The summed E-state index contributed by atoms with van der Waals surface area (Å²) >= 11 is 0. The van der Waals surface area contributed by atoms with Crippen LogP contribution in [0.25, 0.3) is 11.8 Å². The first-order valence-corrected chi connectivity index (χ1v) is 7.74. The minimum absolute atomic E-state index is 0.0630. The second-order valence-corrected chi connectivity index (χ2v) is 5.33. The summed E-state index contributed by atoms with van der Waals surface area (Å²) in [5.74, 6) is 1.22. The van der Waals surface area contributed by atoms with Crippen LogP contribution < -0.4 is 9.47 Å². The Morgan fingerprint density at radius 2 is 1.80 bits per heavy atom. The lowest BCUT2D eigenvalue weighted by Gasteiger charge is -2.07. The highest BCUT2D eigenvalue weighted by atomic mass is 16.5. The van der Waals surface area contributed by atoms with Gasteiger partial charge in [-0.2, -0.15) is 0 Å². The van der Waals surface area contributed by atoms with Gasteiger partial charge in [-0.15, -0.1) is 0 Å². The minimum Gasteiger partial charge on any atom is -0.493 e. The van der Waals surface area contributed by atoms with Crippen LogP contribution in [0.5, 0.6) is 11.5 Å². The largest absolute Gasteiger partial charge is 0.493 e. The molecule has 3 rings (SSSR count).